The monoisotopic (exact) mass is 287 g/mol. The van der Waals surface area contributed by atoms with Crippen LogP contribution in [-0.4, -0.2) is 12.5 Å². The summed E-state index contributed by atoms with van der Waals surface area (Å²) in [6, 6.07) is 3.98. The first-order chi connectivity index (χ1) is 10.2. The Hall–Kier alpha value is -1.71. The summed E-state index contributed by atoms with van der Waals surface area (Å²) in [5.74, 6) is 1.03. The highest BCUT2D eigenvalue weighted by Gasteiger charge is 2.17. The summed E-state index contributed by atoms with van der Waals surface area (Å²) in [5.41, 5.74) is 9.90. The second-order valence-electron chi connectivity index (χ2n) is 6.36. The Bertz CT molecular complexity index is 521. The van der Waals surface area contributed by atoms with Crippen LogP contribution in [0.5, 0.6) is 0 Å². The number of hydrogen-bond acceptors (Lipinski definition) is 3. The third-order valence-electron chi connectivity index (χ3n) is 4.75. The first-order valence-electron chi connectivity index (χ1n) is 8.18. The zero-order chi connectivity index (χ0) is 14.7. The van der Waals surface area contributed by atoms with E-state index in [1.54, 1.807) is 0 Å². The second-order valence-corrected chi connectivity index (χ2v) is 6.36. The molecule has 114 valence electrons. The zero-order valence-electron chi connectivity index (χ0n) is 12.6. The van der Waals surface area contributed by atoms with E-state index in [1.165, 1.54) is 38.5 Å². The van der Waals surface area contributed by atoms with Crippen molar-refractivity contribution in [1.82, 2.24) is 0 Å². The summed E-state index contributed by atoms with van der Waals surface area (Å²) >= 11 is 0. The Morgan fingerprint density at radius 3 is 2.86 bits per heavy atom. The molecule has 1 aromatic rings. The SMILES string of the molecule is Nc1cc2c(cc1NCCCC1CCCC1)NC(=O)CC2. The van der Waals surface area contributed by atoms with Gasteiger partial charge in [0.2, 0.25) is 5.91 Å². The summed E-state index contributed by atoms with van der Waals surface area (Å²) in [7, 11) is 0. The van der Waals surface area contributed by atoms with Crippen LogP contribution in [-0.2, 0) is 11.2 Å². The lowest BCUT2D eigenvalue weighted by molar-refractivity contribution is -0.116. The highest BCUT2D eigenvalue weighted by Crippen LogP contribution is 2.31. The number of fused-ring (bicyclic) bond motifs is 1. The van der Waals surface area contributed by atoms with Gasteiger partial charge in [0.05, 0.1) is 11.4 Å². The van der Waals surface area contributed by atoms with Crippen LogP contribution in [0.4, 0.5) is 17.1 Å². The molecule has 1 aliphatic carbocycles. The molecule has 0 aromatic heterocycles. The lowest BCUT2D eigenvalue weighted by atomic mass is 10.0. The fourth-order valence-electron chi connectivity index (χ4n) is 3.51. The third kappa shape index (κ3) is 3.49. The third-order valence-corrected chi connectivity index (χ3v) is 4.75. The van der Waals surface area contributed by atoms with E-state index in [9.17, 15) is 4.79 Å². The van der Waals surface area contributed by atoms with Crippen LogP contribution in [0.15, 0.2) is 12.1 Å². The molecule has 21 heavy (non-hydrogen) atoms. The molecule has 0 radical (unpaired) electrons. The smallest absolute Gasteiger partial charge is 0.224 e. The normalized spacial score (nSPS) is 18.4. The number of nitrogens with two attached hydrogens (primary N) is 1. The Kier molecular flexibility index (Phi) is 4.32. The van der Waals surface area contributed by atoms with Gasteiger partial charge < -0.3 is 16.4 Å². The molecule has 1 amide bonds. The van der Waals surface area contributed by atoms with Gasteiger partial charge in [0, 0.05) is 18.7 Å². The van der Waals surface area contributed by atoms with Crippen LogP contribution < -0.4 is 16.4 Å². The minimum absolute atomic E-state index is 0.0967. The maximum absolute atomic E-state index is 11.5. The van der Waals surface area contributed by atoms with E-state index in [0.717, 1.165) is 41.5 Å². The van der Waals surface area contributed by atoms with Crippen molar-refractivity contribution in [2.24, 2.45) is 5.92 Å². The first kappa shape index (κ1) is 14.2. The van der Waals surface area contributed by atoms with Crippen LogP contribution in [0.3, 0.4) is 0 Å². The number of hydrogen-bond donors (Lipinski definition) is 3. The molecule has 1 heterocycles. The summed E-state index contributed by atoms with van der Waals surface area (Å²) in [5, 5.41) is 6.35. The molecule has 0 saturated heterocycles. The molecule has 0 bridgehead atoms. The Labute approximate surface area is 126 Å². The van der Waals surface area contributed by atoms with E-state index in [1.807, 2.05) is 12.1 Å². The van der Waals surface area contributed by atoms with E-state index in [0.29, 0.717) is 6.42 Å². The van der Waals surface area contributed by atoms with Crippen LogP contribution in [0.2, 0.25) is 0 Å². The number of nitrogens with one attached hydrogen (secondary N) is 2. The van der Waals surface area contributed by atoms with Crippen molar-refractivity contribution in [3.05, 3.63) is 17.7 Å². The first-order valence-corrected chi connectivity index (χ1v) is 8.18. The number of anilines is 3. The maximum Gasteiger partial charge on any atom is 0.224 e. The second kappa shape index (κ2) is 6.37. The van der Waals surface area contributed by atoms with Gasteiger partial charge in [0.1, 0.15) is 0 Å². The molecule has 0 atom stereocenters. The molecule has 4 heteroatoms. The van der Waals surface area contributed by atoms with Crippen LogP contribution in [0, 0.1) is 5.92 Å². The van der Waals surface area contributed by atoms with E-state index >= 15 is 0 Å². The van der Waals surface area contributed by atoms with Crippen LogP contribution in [0.25, 0.3) is 0 Å². The van der Waals surface area contributed by atoms with Crippen molar-refractivity contribution in [3.8, 4) is 0 Å². The van der Waals surface area contributed by atoms with Gasteiger partial charge in [-0.1, -0.05) is 25.7 Å². The van der Waals surface area contributed by atoms with Crippen molar-refractivity contribution in [2.75, 3.05) is 22.9 Å². The quantitative estimate of drug-likeness (QED) is 0.573. The molecule has 1 fully saturated rings. The lowest BCUT2D eigenvalue weighted by Gasteiger charge is -2.20. The molecular formula is C17H25N3O. The minimum Gasteiger partial charge on any atom is -0.397 e. The number of nitrogen functional groups attached to an aromatic ring is 1. The molecule has 4 nitrogen and oxygen atoms in total. The molecule has 1 aliphatic heterocycles. The van der Waals surface area contributed by atoms with E-state index in [4.69, 9.17) is 5.73 Å². The van der Waals surface area contributed by atoms with Gasteiger partial charge in [-0.05, 0) is 42.9 Å². The van der Waals surface area contributed by atoms with Crippen LogP contribution >= 0.6 is 0 Å². The molecule has 1 aromatic carbocycles. The molecule has 3 rings (SSSR count). The number of aryl methyl sites for hydroxylation is 1. The van der Waals surface area contributed by atoms with E-state index in [-0.39, 0.29) is 5.91 Å². The average molecular weight is 287 g/mol. The van der Waals surface area contributed by atoms with Crippen molar-refractivity contribution >= 4 is 23.0 Å². The zero-order valence-corrected chi connectivity index (χ0v) is 12.6. The molecule has 1 saturated carbocycles. The van der Waals surface area contributed by atoms with Gasteiger partial charge >= 0.3 is 0 Å². The highest BCUT2D eigenvalue weighted by atomic mass is 16.1. The number of amides is 1. The van der Waals surface area contributed by atoms with Gasteiger partial charge in [-0.15, -0.1) is 0 Å². The number of carbonyl (C=O) groups is 1. The fraction of sp³-hybridized carbons (Fsp3) is 0.588. The Morgan fingerprint density at radius 2 is 2.05 bits per heavy atom. The average Bonchev–Trinajstić information content (AvgIpc) is 2.97. The largest absolute Gasteiger partial charge is 0.397 e. The molecule has 2 aliphatic rings. The van der Waals surface area contributed by atoms with E-state index < -0.39 is 0 Å². The predicted octanol–water partition coefficient (Wildman–Crippen LogP) is 3.54. The summed E-state index contributed by atoms with van der Waals surface area (Å²) < 4.78 is 0. The molecule has 4 N–H and O–H groups in total. The topological polar surface area (TPSA) is 67.2 Å². The molecular weight excluding hydrogens is 262 g/mol. The van der Waals surface area contributed by atoms with E-state index in [2.05, 4.69) is 10.6 Å². The molecule has 0 unspecified atom stereocenters. The summed E-state index contributed by atoms with van der Waals surface area (Å²) in [6.07, 6.45) is 9.49. The standard InChI is InChI=1S/C17H25N3O/c18-14-10-13-7-8-17(21)20-15(13)11-16(14)19-9-3-6-12-4-1-2-5-12/h10-12,19H,1-9,18H2,(H,20,21). The number of rotatable bonds is 5. The number of benzene rings is 1. The highest BCUT2D eigenvalue weighted by molar-refractivity contribution is 5.95. The lowest BCUT2D eigenvalue weighted by Crippen LogP contribution is -2.19. The Balaban J connectivity index is 1.55. The number of carbonyl (C=O) groups excluding carboxylic acids is 1. The van der Waals surface area contributed by atoms with Gasteiger partial charge in [0.25, 0.3) is 0 Å². The van der Waals surface area contributed by atoms with Crippen molar-refractivity contribution in [3.63, 3.8) is 0 Å². The van der Waals surface area contributed by atoms with Crippen molar-refractivity contribution in [1.29, 1.82) is 0 Å². The van der Waals surface area contributed by atoms with Gasteiger partial charge in [-0.2, -0.15) is 0 Å². The summed E-state index contributed by atoms with van der Waals surface area (Å²) in [4.78, 5) is 11.5. The maximum atomic E-state index is 11.5. The van der Waals surface area contributed by atoms with Crippen molar-refractivity contribution < 1.29 is 4.79 Å². The van der Waals surface area contributed by atoms with Gasteiger partial charge in [0.15, 0.2) is 0 Å². The van der Waals surface area contributed by atoms with Gasteiger partial charge in [-0.25, -0.2) is 0 Å². The van der Waals surface area contributed by atoms with Crippen molar-refractivity contribution in [2.45, 2.75) is 51.4 Å². The minimum atomic E-state index is 0.0967. The molecule has 0 spiro atoms. The Morgan fingerprint density at radius 1 is 1.24 bits per heavy atom. The summed E-state index contributed by atoms with van der Waals surface area (Å²) in [6.45, 7) is 0.952. The predicted molar refractivity (Wildman–Crippen MR) is 87.5 cm³/mol. The van der Waals surface area contributed by atoms with Gasteiger partial charge in [-0.3, -0.25) is 4.79 Å². The van der Waals surface area contributed by atoms with Crippen LogP contribution in [0.1, 0.15) is 50.5 Å². The fourth-order valence-corrected chi connectivity index (χ4v) is 3.51.